The van der Waals surface area contributed by atoms with E-state index in [1.165, 1.54) is 19.3 Å². The number of hydrogen-bond donors (Lipinski definition) is 2. The monoisotopic (exact) mass is 256 g/mol. The molecule has 1 unspecified atom stereocenters. The lowest BCUT2D eigenvalue weighted by Gasteiger charge is -2.24. The summed E-state index contributed by atoms with van der Waals surface area (Å²) in [5.41, 5.74) is 2.31. The molecule has 1 saturated heterocycles. The van der Waals surface area contributed by atoms with E-state index in [1.54, 1.807) is 6.20 Å². The first-order chi connectivity index (χ1) is 9.43. The topological polar surface area (TPSA) is 41.9 Å². The number of imidazole rings is 1. The molecule has 0 aliphatic carbocycles. The van der Waals surface area contributed by atoms with Crippen LogP contribution in [0, 0.1) is 0 Å². The van der Waals surface area contributed by atoms with E-state index >= 15 is 0 Å². The van der Waals surface area contributed by atoms with Gasteiger partial charge >= 0.3 is 0 Å². The van der Waals surface area contributed by atoms with E-state index < -0.39 is 0 Å². The Morgan fingerprint density at radius 3 is 3.05 bits per heavy atom. The van der Waals surface area contributed by atoms with E-state index in [0.29, 0.717) is 6.04 Å². The summed E-state index contributed by atoms with van der Waals surface area (Å²) in [6.07, 6.45) is 9.52. The maximum absolute atomic E-state index is 4.11. The van der Waals surface area contributed by atoms with Crippen LogP contribution >= 0.6 is 0 Å². The van der Waals surface area contributed by atoms with Crippen molar-refractivity contribution in [2.24, 2.45) is 0 Å². The minimum absolute atomic E-state index is 0.588. The van der Waals surface area contributed by atoms with Crippen LogP contribution in [-0.4, -0.2) is 28.7 Å². The van der Waals surface area contributed by atoms with Gasteiger partial charge in [-0.15, -0.1) is 0 Å². The Morgan fingerprint density at radius 2 is 2.26 bits per heavy atom. The zero-order valence-electron chi connectivity index (χ0n) is 11.0. The normalized spacial score (nSPS) is 19.3. The molecule has 3 rings (SSSR count). The lowest BCUT2D eigenvalue weighted by molar-refractivity contribution is 0.414. The second-order valence-electron chi connectivity index (χ2n) is 5.01. The summed E-state index contributed by atoms with van der Waals surface area (Å²) in [6, 6.07) is 8.94. The average molecular weight is 256 g/mol. The number of anilines is 1. The van der Waals surface area contributed by atoms with Gasteiger partial charge in [0, 0.05) is 25.0 Å². The Labute approximate surface area is 113 Å². The van der Waals surface area contributed by atoms with Crippen LogP contribution in [0.4, 0.5) is 5.69 Å². The highest BCUT2D eigenvalue weighted by Crippen LogP contribution is 2.20. The van der Waals surface area contributed by atoms with Crippen LogP contribution in [0.15, 0.2) is 43.0 Å². The highest BCUT2D eigenvalue weighted by Gasteiger charge is 2.12. The van der Waals surface area contributed by atoms with Gasteiger partial charge in [-0.1, -0.05) is 18.6 Å². The molecule has 1 aliphatic heterocycles. The van der Waals surface area contributed by atoms with Crippen molar-refractivity contribution in [3.63, 3.8) is 0 Å². The van der Waals surface area contributed by atoms with Crippen molar-refractivity contribution >= 4 is 5.69 Å². The van der Waals surface area contributed by atoms with E-state index in [0.717, 1.165) is 24.5 Å². The van der Waals surface area contributed by atoms with Gasteiger partial charge in [-0.25, -0.2) is 4.98 Å². The van der Waals surface area contributed by atoms with Crippen molar-refractivity contribution in [1.82, 2.24) is 14.9 Å². The van der Waals surface area contributed by atoms with Crippen LogP contribution in [0.2, 0.25) is 0 Å². The molecule has 4 nitrogen and oxygen atoms in total. The van der Waals surface area contributed by atoms with Gasteiger partial charge in [0.1, 0.15) is 0 Å². The van der Waals surface area contributed by atoms with Crippen molar-refractivity contribution in [3.05, 3.63) is 43.0 Å². The van der Waals surface area contributed by atoms with Crippen molar-refractivity contribution in [3.8, 4) is 5.69 Å². The lowest BCUT2D eigenvalue weighted by atomic mass is 10.1. The Kier molecular flexibility index (Phi) is 3.79. The van der Waals surface area contributed by atoms with Gasteiger partial charge in [0.25, 0.3) is 0 Å². The van der Waals surface area contributed by atoms with Crippen molar-refractivity contribution < 1.29 is 0 Å². The lowest BCUT2D eigenvalue weighted by Crippen LogP contribution is -2.39. The first-order valence-electron chi connectivity index (χ1n) is 6.98. The number of piperidine rings is 1. The largest absolute Gasteiger partial charge is 0.382 e. The summed E-state index contributed by atoms with van der Waals surface area (Å²) >= 11 is 0. The molecule has 4 heteroatoms. The number of nitrogens with zero attached hydrogens (tertiary/aromatic N) is 2. The van der Waals surface area contributed by atoms with Gasteiger partial charge in [-0.05, 0) is 31.5 Å². The third kappa shape index (κ3) is 2.96. The molecule has 1 aromatic carbocycles. The fraction of sp³-hybridized carbons (Fsp3) is 0.400. The molecule has 2 N–H and O–H groups in total. The Balaban J connectivity index is 1.70. The van der Waals surface area contributed by atoms with Crippen LogP contribution in [0.5, 0.6) is 0 Å². The summed E-state index contributed by atoms with van der Waals surface area (Å²) < 4.78 is 2.04. The number of hydrogen-bond acceptors (Lipinski definition) is 3. The third-order valence-electron chi connectivity index (χ3n) is 3.64. The SMILES string of the molecule is c1ccc(-n2ccnc2)c(NCC2CCCCN2)c1. The van der Waals surface area contributed by atoms with Crippen LogP contribution in [0.25, 0.3) is 5.69 Å². The van der Waals surface area contributed by atoms with Gasteiger partial charge in [0.15, 0.2) is 0 Å². The summed E-state index contributed by atoms with van der Waals surface area (Å²) in [5, 5.41) is 7.12. The molecule has 2 heterocycles. The highest BCUT2D eigenvalue weighted by atomic mass is 15.1. The van der Waals surface area contributed by atoms with E-state index in [2.05, 4.69) is 39.9 Å². The second kappa shape index (κ2) is 5.89. The zero-order valence-corrected chi connectivity index (χ0v) is 11.0. The standard InChI is InChI=1S/C15H20N4/c1-2-7-15(19-10-9-16-12-19)14(6-1)18-11-13-5-3-4-8-17-13/h1-2,6-7,9-10,12-13,17-18H,3-5,8,11H2. The molecule has 0 spiro atoms. The van der Waals surface area contributed by atoms with Crippen LogP contribution in [-0.2, 0) is 0 Å². The van der Waals surface area contributed by atoms with E-state index in [4.69, 9.17) is 0 Å². The Bertz CT molecular complexity index is 501. The maximum atomic E-state index is 4.11. The number of benzene rings is 1. The first-order valence-corrected chi connectivity index (χ1v) is 6.98. The number of aromatic nitrogens is 2. The molecule has 2 aromatic rings. The average Bonchev–Trinajstić information content (AvgIpc) is 3.01. The van der Waals surface area contributed by atoms with Gasteiger partial charge in [-0.3, -0.25) is 0 Å². The third-order valence-corrected chi connectivity index (χ3v) is 3.64. The predicted molar refractivity (Wildman–Crippen MR) is 77.7 cm³/mol. The molecule has 100 valence electrons. The quantitative estimate of drug-likeness (QED) is 0.883. The summed E-state index contributed by atoms with van der Waals surface area (Å²) in [7, 11) is 0. The van der Waals surface area contributed by atoms with Crippen LogP contribution < -0.4 is 10.6 Å². The van der Waals surface area contributed by atoms with Crippen LogP contribution in [0.1, 0.15) is 19.3 Å². The molecule has 1 fully saturated rings. The molecule has 1 aromatic heterocycles. The molecule has 0 amide bonds. The molecular formula is C15H20N4. The summed E-state index contributed by atoms with van der Waals surface area (Å²) in [4.78, 5) is 4.11. The molecule has 0 saturated carbocycles. The van der Waals surface area contributed by atoms with E-state index in [9.17, 15) is 0 Å². The van der Waals surface area contributed by atoms with Gasteiger partial charge < -0.3 is 15.2 Å². The molecular weight excluding hydrogens is 236 g/mol. The minimum Gasteiger partial charge on any atom is -0.382 e. The second-order valence-corrected chi connectivity index (χ2v) is 5.01. The fourth-order valence-electron chi connectivity index (χ4n) is 2.58. The van der Waals surface area contributed by atoms with Gasteiger partial charge in [-0.2, -0.15) is 0 Å². The number of rotatable bonds is 4. The Hall–Kier alpha value is -1.81. The van der Waals surface area contributed by atoms with Crippen molar-refractivity contribution in [2.45, 2.75) is 25.3 Å². The number of nitrogens with one attached hydrogen (secondary N) is 2. The van der Waals surface area contributed by atoms with Gasteiger partial charge in [0.05, 0.1) is 17.7 Å². The van der Waals surface area contributed by atoms with Crippen molar-refractivity contribution in [2.75, 3.05) is 18.4 Å². The molecule has 0 bridgehead atoms. The van der Waals surface area contributed by atoms with Crippen LogP contribution in [0.3, 0.4) is 0 Å². The highest BCUT2D eigenvalue weighted by molar-refractivity contribution is 5.61. The van der Waals surface area contributed by atoms with Crippen molar-refractivity contribution in [1.29, 1.82) is 0 Å². The molecule has 19 heavy (non-hydrogen) atoms. The summed E-state index contributed by atoms with van der Waals surface area (Å²) in [5.74, 6) is 0. The predicted octanol–water partition coefficient (Wildman–Crippen LogP) is 2.43. The molecule has 1 atom stereocenters. The first kappa shape index (κ1) is 12.2. The maximum Gasteiger partial charge on any atom is 0.0992 e. The van der Waals surface area contributed by atoms with E-state index in [1.807, 2.05) is 17.1 Å². The zero-order chi connectivity index (χ0) is 12.9. The van der Waals surface area contributed by atoms with E-state index in [-0.39, 0.29) is 0 Å². The Morgan fingerprint density at radius 1 is 1.32 bits per heavy atom. The fourth-order valence-corrected chi connectivity index (χ4v) is 2.58. The minimum atomic E-state index is 0.588. The molecule has 0 radical (unpaired) electrons. The van der Waals surface area contributed by atoms with Gasteiger partial charge in [0.2, 0.25) is 0 Å². The smallest absolute Gasteiger partial charge is 0.0992 e. The number of para-hydroxylation sites is 2. The summed E-state index contributed by atoms with van der Waals surface area (Å²) in [6.45, 7) is 2.13. The molecule has 1 aliphatic rings.